The summed E-state index contributed by atoms with van der Waals surface area (Å²) in [6.45, 7) is 2.02. The van der Waals surface area contributed by atoms with Crippen molar-refractivity contribution in [3.05, 3.63) is 39.1 Å². The van der Waals surface area contributed by atoms with Crippen molar-refractivity contribution in [1.29, 1.82) is 0 Å². The number of H-pyrrole nitrogens is 1. The number of aryl methyl sites for hydroxylation is 1. The molecule has 4 heteroatoms. The van der Waals surface area contributed by atoms with Gasteiger partial charge in [0.2, 0.25) is 0 Å². The molecule has 0 amide bonds. The Kier molecular flexibility index (Phi) is 1.98. The minimum Gasteiger partial charge on any atom is -0.313 e. The van der Waals surface area contributed by atoms with E-state index < -0.39 is 0 Å². The molecule has 0 unspecified atom stereocenters. The Bertz CT molecular complexity index is 472. The van der Waals surface area contributed by atoms with Crippen LogP contribution >= 0.6 is 11.3 Å². The number of thiophene rings is 1. The highest BCUT2D eigenvalue weighted by atomic mass is 32.1. The summed E-state index contributed by atoms with van der Waals surface area (Å²) < 4.78 is 0. The van der Waals surface area contributed by atoms with Crippen LogP contribution in [0.25, 0.3) is 11.3 Å². The summed E-state index contributed by atoms with van der Waals surface area (Å²) in [6.07, 6.45) is 1.43. The number of aromatic amines is 1. The standard InChI is InChI=1S/C9H8N2OS/c1-6-7(2-3-13-6)8-4-9(12)11-5-10-8/h2-5H,1H3,(H,10,11,12). The van der Waals surface area contributed by atoms with Crippen molar-refractivity contribution in [3.63, 3.8) is 0 Å². The third-order valence-electron chi connectivity index (χ3n) is 1.81. The molecule has 0 bridgehead atoms. The van der Waals surface area contributed by atoms with E-state index in [1.165, 1.54) is 17.3 Å². The van der Waals surface area contributed by atoms with Gasteiger partial charge in [-0.15, -0.1) is 11.3 Å². The van der Waals surface area contributed by atoms with Crippen LogP contribution in [0.3, 0.4) is 0 Å². The number of nitrogens with one attached hydrogen (secondary N) is 1. The van der Waals surface area contributed by atoms with Gasteiger partial charge < -0.3 is 4.98 Å². The molecule has 0 aromatic carbocycles. The van der Waals surface area contributed by atoms with Crippen LogP contribution in [-0.2, 0) is 0 Å². The molecule has 0 radical (unpaired) electrons. The number of hydrogen-bond acceptors (Lipinski definition) is 3. The Balaban J connectivity index is 2.59. The fraction of sp³-hybridized carbons (Fsp3) is 0.111. The predicted molar refractivity (Wildman–Crippen MR) is 52.9 cm³/mol. The average molecular weight is 192 g/mol. The predicted octanol–water partition coefficient (Wildman–Crippen LogP) is 1.81. The largest absolute Gasteiger partial charge is 0.313 e. The number of aromatic nitrogens is 2. The second-order valence-corrected chi connectivity index (χ2v) is 3.81. The summed E-state index contributed by atoms with van der Waals surface area (Å²) >= 11 is 1.65. The fourth-order valence-corrected chi connectivity index (χ4v) is 1.87. The fourth-order valence-electron chi connectivity index (χ4n) is 1.17. The lowest BCUT2D eigenvalue weighted by molar-refractivity contribution is 1.12. The SMILES string of the molecule is Cc1sccc1-c1cc(=O)[nH]cn1. The lowest BCUT2D eigenvalue weighted by atomic mass is 10.2. The maximum atomic E-state index is 11.0. The minimum atomic E-state index is -0.115. The Morgan fingerprint density at radius 3 is 3.00 bits per heavy atom. The second-order valence-electron chi connectivity index (χ2n) is 2.69. The smallest absolute Gasteiger partial charge is 0.251 e. The van der Waals surface area contributed by atoms with Crippen LogP contribution in [0.15, 0.2) is 28.6 Å². The van der Waals surface area contributed by atoms with Crippen LogP contribution in [-0.4, -0.2) is 9.97 Å². The van der Waals surface area contributed by atoms with Gasteiger partial charge in [-0.2, -0.15) is 0 Å². The van der Waals surface area contributed by atoms with Gasteiger partial charge in [-0.3, -0.25) is 4.79 Å². The summed E-state index contributed by atoms with van der Waals surface area (Å²) in [5, 5.41) is 1.99. The molecule has 0 atom stereocenters. The first kappa shape index (κ1) is 8.19. The zero-order chi connectivity index (χ0) is 9.26. The molecule has 0 aliphatic carbocycles. The van der Waals surface area contributed by atoms with E-state index >= 15 is 0 Å². The maximum absolute atomic E-state index is 11.0. The van der Waals surface area contributed by atoms with Gasteiger partial charge in [-0.1, -0.05) is 0 Å². The van der Waals surface area contributed by atoms with Gasteiger partial charge in [0.15, 0.2) is 0 Å². The maximum Gasteiger partial charge on any atom is 0.251 e. The van der Waals surface area contributed by atoms with Crippen LogP contribution in [0.2, 0.25) is 0 Å². The highest BCUT2D eigenvalue weighted by molar-refractivity contribution is 7.10. The molecule has 2 heterocycles. The van der Waals surface area contributed by atoms with E-state index in [4.69, 9.17) is 0 Å². The molecular formula is C9H8N2OS. The Morgan fingerprint density at radius 2 is 2.38 bits per heavy atom. The van der Waals surface area contributed by atoms with E-state index in [2.05, 4.69) is 9.97 Å². The summed E-state index contributed by atoms with van der Waals surface area (Å²) in [5.41, 5.74) is 1.66. The number of rotatable bonds is 1. The summed E-state index contributed by atoms with van der Waals surface area (Å²) in [4.78, 5) is 18.8. The van der Waals surface area contributed by atoms with Crippen LogP contribution < -0.4 is 5.56 Å². The molecule has 0 aliphatic heterocycles. The molecule has 2 aromatic rings. The van der Waals surface area contributed by atoms with Crippen molar-refractivity contribution in [1.82, 2.24) is 9.97 Å². The zero-order valence-electron chi connectivity index (χ0n) is 7.07. The summed E-state index contributed by atoms with van der Waals surface area (Å²) in [7, 11) is 0. The van der Waals surface area contributed by atoms with E-state index in [1.807, 2.05) is 18.4 Å². The molecule has 0 fully saturated rings. The molecule has 66 valence electrons. The van der Waals surface area contributed by atoms with Gasteiger partial charge in [0.1, 0.15) is 0 Å². The van der Waals surface area contributed by atoms with Crippen molar-refractivity contribution in [3.8, 4) is 11.3 Å². The molecule has 0 saturated heterocycles. The minimum absolute atomic E-state index is 0.115. The molecule has 0 aliphatic rings. The third-order valence-corrected chi connectivity index (χ3v) is 2.66. The molecule has 3 nitrogen and oxygen atoms in total. The summed E-state index contributed by atoms with van der Waals surface area (Å²) in [5.74, 6) is 0. The van der Waals surface area contributed by atoms with Crippen LogP contribution in [0, 0.1) is 6.92 Å². The van der Waals surface area contributed by atoms with E-state index in [-0.39, 0.29) is 5.56 Å². The topological polar surface area (TPSA) is 45.8 Å². The Hall–Kier alpha value is -1.42. The van der Waals surface area contributed by atoms with Gasteiger partial charge in [-0.05, 0) is 18.4 Å². The third kappa shape index (κ3) is 1.53. The van der Waals surface area contributed by atoms with Crippen LogP contribution in [0.5, 0.6) is 0 Å². The van der Waals surface area contributed by atoms with Crippen molar-refractivity contribution >= 4 is 11.3 Å². The quantitative estimate of drug-likeness (QED) is 0.749. The highest BCUT2D eigenvalue weighted by Gasteiger charge is 2.03. The average Bonchev–Trinajstić information content (AvgIpc) is 2.51. The summed E-state index contributed by atoms with van der Waals surface area (Å²) in [6, 6.07) is 3.48. The lowest BCUT2D eigenvalue weighted by Gasteiger charge is -1.96. The monoisotopic (exact) mass is 192 g/mol. The van der Waals surface area contributed by atoms with E-state index in [0.717, 1.165) is 11.3 Å². The zero-order valence-corrected chi connectivity index (χ0v) is 7.89. The first-order valence-corrected chi connectivity index (χ1v) is 4.74. The Labute approximate surface area is 79.1 Å². The van der Waals surface area contributed by atoms with Crippen molar-refractivity contribution in [2.75, 3.05) is 0 Å². The molecule has 0 saturated carbocycles. The van der Waals surface area contributed by atoms with Crippen molar-refractivity contribution in [2.24, 2.45) is 0 Å². The van der Waals surface area contributed by atoms with E-state index in [9.17, 15) is 4.79 Å². The first-order valence-electron chi connectivity index (χ1n) is 3.86. The van der Waals surface area contributed by atoms with E-state index in [1.54, 1.807) is 11.3 Å². The lowest BCUT2D eigenvalue weighted by Crippen LogP contribution is -2.04. The van der Waals surface area contributed by atoms with Gasteiger partial charge in [0.25, 0.3) is 5.56 Å². The molecular weight excluding hydrogens is 184 g/mol. The second kappa shape index (κ2) is 3.14. The van der Waals surface area contributed by atoms with Gasteiger partial charge in [-0.25, -0.2) is 4.98 Å². The van der Waals surface area contributed by atoms with Gasteiger partial charge in [0.05, 0.1) is 12.0 Å². The van der Waals surface area contributed by atoms with Crippen LogP contribution in [0.1, 0.15) is 4.88 Å². The van der Waals surface area contributed by atoms with E-state index in [0.29, 0.717) is 0 Å². The van der Waals surface area contributed by atoms with Gasteiger partial charge in [0, 0.05) is 16.5 Å². The van der Waals surface area contributed by atoms with Gasteiger partial charge >= 0.3 is 0 Å². The molecule has 0 spiro atoms. The molecule has 1 N–H and O–H groups in total. The van der Waals surface area contributed by atoms with Crippen molar-refractivity contribution in [2.45, 2.75) is 6.92 Å². The molecule has 2 aromatic heterocycles. The molecule has 13 heavy (non-hydrogen) atoms. The van der Waals surface area contributed by atoms with Crippen molar-refractivity contribution < 1.29 is 0 Å². The number of hydrogen-bond donors (Lipinski definition) is 1. The highest BCUT2D eigenvalue weighted by Crippen LogP contribution is 2.24. The Morgan fingerprint density at radius 1 is 1.54 bits per heavy atom. The van der Waals surface area contributed by atoms with Crippen LogP contribution in [0.4, 0.5) is 0 Å². The first-order chi connectivity index (χ1) is 6.27. The normalized spacial score (nSPS) is 10.2. The molecule has 2 rings (SSSR count). The number of nitrogens with zero attached hydrogens (tertiary/aromatic N) is 1.